The van der Waals surface area contributed by atoms with E-state index in [9.17, 15) is 18.0 Å². The van der Waals surface area contributed by atoms with Gasteiger partial charge < -0.3 is 10.2 Å². The van der Waals surface area contributed by atoms with Crippen LogP contribution in [0.3, 0.4) is 0 Å². The summed E-state index contributed by atoms with van der Waals surface area (Å²) in [5, 5.41) is 3.53. The molecule has 0 fully saturated rings. The normalized spacial score (nSPS) is 13.0. The van der Waals surface area contributed by atoms with Gasteiger partial charge in [-0.15, -0.1) is 0 Å². The molecule has 2 amide bonds. The highest BCUT2D eigenvalue weighted by molar-refractivity contribution is 7.90. The molecule has 0 aliphatic carbocycles. The molecule has 0 aliphatic heterocycles. The van der Waals surface area contributed by atoms with Crippen molar-refractivity contribution < 1.29 is 18.0 Å². The number of nitrogens with one attached hydrogen (secondary N) is 1. The van der Waals surface area contributed by atoms with Gasteiger partial charge in [0.1, 0.15) is 12.6 Å². The van der Waals surface area contributed by atoms with E-state index in [-0.39, 0.29) is 24.9 Å². The maximum absolute atomic E-state index is 14.4. The van der Waals surface area contributed by atoms with Crippen molar-refractivity contribution in [1.29, 1.82) is 0 Å². The number of nitrogens with zero attached hydrogens (tertiary/aromatic N) is 3. The molecule has 3 aromatic carbocycles. The topological polar surface area (TPSA) is 90.0 Å². The summed E-state index contributed by atoms with van der Waals surface area (Å²) in [6.07, 6.45) is 0.965. The minimum Gasteiger partial charge on any atom is -0.352 e. The number of rotatable bonds is 13. The average Bonchev–Trinajstić information content (AvgIpc) is 2.95. The second-order valence-electron chi connectivity index (χ2n) is 10.8. The first-order valence-corrected chi connectivity index (χ1v) is 15.8. The summed E-state index contributed by atoms with van der Waals surface area (Å²) in [6.45, 7) is 7.12. The Morgan fingerprint density at radius 2 is 1.60 bits per heavy atom. The van der Waals surface area contributed by atoms with Crippen LogP contribution < -0.4 is 9.62 Å². The SMILES string of the molecule is CC[C@@H](C)NC(=O)[C@@H](Cc1ccccc1)N(Cc1cccc(Cl)c1)C(=O)CN(c1cc(C)ccc1C)S(=O)(=O)N(C)C. The molecule has 10 heteroatoms. The molecular formula is C32H41ClN4O4S. The van der Waals surface area contributed by atoms with Crippen molar-refractivity contribution in [2.45, 2.75) is 59.2 Å². The first kappa shape index (κ1) is 33.1. The number of amides is 2. The van der Waals surface area contributed by atoms with Gasteiger partial charge in [0.05, 0.1) is 5.69 Å². The third-order valence-electron chi connectivity index (χ3n) is 7.17. The Morgan fingerprint density at radius 1 is 0.929 bits per heavy atom. The van der Waals surface area contributed by atoms with Crippen LogP contribution in [0.2, 0.25) is 5.02 Å². The summed E-state index contributed by atoms with van der Waals surface area (Å²) in [4.78, 5) is 29.6. The van der Waals surface area contributed by atoms with E-state index in [1.54, 1.807) is 31.2 Å². The van der Waals surface area contributed by atoms with E-state index >= 15 is 0 Å². The zero-order valence-corrected chi connectivity index (χ0v) is 26.7. The maximum Gasteiger partial charge on any atom is 0.304 e. The Morgan fingerprint density at radius 3 is 2.21 bits per heavy atom. The molecule has 42 heavy (non-hydrogen) atoms. The van der Waals surface area contributed by atoms with Gasteiger partial charge in [0.25, 0.3) is 0 Å². The fourth-order valence-corrected chi connectivity index (χ4v) is 5.84. The molecule has 0 aromatic heterocycles. The van der Waals surface area contributed by atoms with E-state index in [1.807, 2.05) is 69.3 Å². The van der Waals surface area contributed by atoms with Crippen LogP contribution in [0, 0.1) is 13.8 Å². The zero-order chi connectivity index (χ0) is 31.0. The molecule has 1 N–H and O–H groups in total. The number of carbonyl (C=O) groups excluding carboxylic acids is 2. The van der Waals surface area contributed by atoms with Gasteiger partial charge in [-0.2, -0.15) is 12.7 Å². The van der Waals surface area contributed by atoms with E-state index in [0.717, 1.165) is 25.3 Å². The summed E-state index contributed by atoms with van der Waals surface area (Å²) in [7, 11) is -1.21. The van der Waals surface area contributed by atoms with Gasteiger partial charge >= 0.3 is 10.2 Å². The minimum atomic E-state index is -4.07. The third-order valence-corrected chi connectivity index (χ3v) is 9.21. The zero-order valence-electron chi connectivity index (χ0n) is 25.2. The van der Waals surface area contributed by atoms with Crippen LogP contribution in [-0.2, 0) is 32.8 Å². The number of benzene rings is 3. The number of aryl methyl sites for hydroxylation is 2. The van der Waals surface area contributed by atoms with Gasteiger partial charge in [0, 0.05) is 38.1 Å². The minimum absolute atomic E-state index is 0.0630. The lowest BCUT2D eigenvalue weighted by Crippen LogP contribution is -2.55. The molecule has 3 rings (SSSR count). The molecule has 0 saturated carbocycles. The highest BCUT2D eigenvalue weighted by Crippen LogP contribution is 2.26. The van der Waals surface area contributed by atoms with E-state index in [0.29, 0.717) is 22.7 Å². The molecule has 226 valence electrons. The molecule has 0 radical (unpaired) electrons. The van der Waals surface area contributed by atoms with Crippen molar-refractivity contribution >= 4 is 39.3 Å². The van der Waals surface area contributed by atoms with Gasteiger partial charge in [-0.3, -0.25) is 9.59 Å². The first-order valence-electron chi connectivity index (χ1n) is 14.0. The maximum atomic E-state index is 14.4. The predicted octanol–water partition coefficient (Wildman–Crippen LogP) is 5.12. The first-order chi connectivity index (χ1) is 19.8. The molecule has 0 unspecified atom stereocenters. The Balaban J connectivity index is 2.13. The average molecular weight is 613 g/mol. The molecule has 8 nitrogen and oxygen atoms in total. The van der Waals surface area contributed by atoms with Crippen molar-refractivity contribution in [2.24, 2.45) is 0 Å². The summed E-state index contributed by atoms with van der Waals surface area (Å²) in [6, 6.07) is 21.0. The highest BCUT2D eigenvalue weighted by Gasteiger charge is 2.35. The molecule has 0 heterocycles. The third kappa shape index (κ3) is 8.56. The fraction of sp³-hybridized carbons (Fsp3) is 0.375. The van der Waals surface area contributed by atoms with Gasteiger partial charge in [-0.25, -0.2) is 4.31 Å². The molecule has 0 bridgehead atoms. The van der Waals surface area contributed by atoms with Crippen molar-refractivity contribution in [1.82, 2.24) is 14.5 Å². The van der Waals surface area contributed by atoms with Crippen molar-refractivity contribution in [3.8, 4) is 0 Å². The van der Waals surface area contributed by atoms with Crippen molar-refractivity contribution in [3.05, 3.63) is 100 Å². The standard InChI is InChI=1S/C32H41ClN4O4S/c1-7-25(4)34-32(39)30(20-26-12-9-8-10-13-26)36(21-27-14-11-15-28(33)19-27)31(38)22-37(42(40,41)35(5)6)29-18-23(2)16-17-24(29)3/h8-19,25,30H,7,20-22H2,1-6H3,(H,34,39)/t25-,30-/m1/s1. The number of carbonyl (C=O) groups is 2. The van der Waals surface area contributed by atoms with Crippen LogP contribution >= 0.6 is 11.6 Å². The highest BCUT2D eigenvalue weighted by atomic mass is 35.5. The van der Waals surface area contributed by atoms with Crippen LogP contribution in [0.1, 0.15) is 42.5 Å². The van der Waals surface area contributed by atoms with Crippen molar-refractivity contribution in [2.75, 3.05) is 24.9 Å². The lowest BCUT2D eigenvalue weighted by molar-refractivity contribution is -0.140. The van der Waals surface area contributed by atoms with Crippen molar-refractivity contribution in [3.63, 3.8) is 0 Å². The lowest BCUT2D eigenvalue weighted by atomic mass is 10.0. The van der Waals surface area contributed by atoms with Crippen LogP contribution in [0.4, 0.5) is 5.69 Å². The molecule has 0 aliphatic rings. The predicted molar refractivity (Wildman–Crippen MR) is 170 cm³/mol. The molecule has 3 aromatic rings. The van der Waals surface area contributed by atoms with E-state index in [1.165, 1.54) is 19.0 Å². The summed E-state index contributed by atoms with van der Waals surface area (Å²) >= 11 is 6.28. The second-order valence-corrected chi connectivity index (χ2v) is 13.3. The number of hydrogen-bond donors (Lipinski definition) is 1. The quantitative estimate of drug-likeness (QED) is 0.290. The van der Waals surface area contributed by atoms with E-state index < -0.39 is 28.7 Å². The smallest absolute Gasteiger partial charge is 0.304 e. The number of halogens is 1. The molecule has 2 atom stereocenters. The Kier molecular flexibility index (Phi) is 11.6. The molecular weight excluding hydrogens is 572 g/mol. The fourth-order valence-electron chi connectivity index (χ4n) is 4.52. The second kappa shape index (κ2) is 14.7. The number of hydrogen-bond acceptors (Lipinski definition) is 4. The largest absolute Gasteiger partial charge is 0.352 e. The van der Waals surface area contributed by atoms with E-state index in [2.05, 4.69) is 5.32 Å². The van der Waals surface area contributed by atoms with Crippen LogP contribution in [0.25, 0.3) is 0 Å². The van der Waals surface area contributed by atoms with Gasteiger partial charge in [-0.05, 0) is 67.6 Å². The Hall–Kier alpha value is -3.40. The number of anilines is 1. The summed E-state index contributed by atoms with van der Waals surface area (Å²) in [5.74, 6) is -0.820. The van der Waals surface area contributed by atoms with E-state index in [4.69, 9.17) is 11.6 Å². The monoisotopic (exact) mass is 612 g/mol. The van der Waals surface area contributed by atoms with Crippen LogP contribution in [0.15, 0.2) is 72.8 Å². The van der Waals surface area contributed by atoms with Gasteiger partial charge in [0.2, 0.25) is 11.8 Å². The Bertz CT molecular complexity index is 1480. The molecule has 0 saturated heterocycles. The Labute approximate surface area is 255 Å². The van der Waals surface area contributed by atoms with Gasteiger partial charge in [-0.1, -0.05) is 73.1 Å². The molecule has 0 spiro atoms. The summed E-state index contributed by atoms with van der Waals surface area (Å²) in [5.41, 5.74) is 3.56. The lowest BCUT2D eigenvalue weighted by Gasteiger charge is -2.35. The van der Waals surface area contributed by atoms with Gasteiger partial charge in [0.15, 0.2) is 0 Å². The van der Waals surface area contributed by atoms with Crippen LogP contribution in [0.5, 0.6) is 0 Å². The van der Waals surface area contributed by atoms with Crippen LogP contribution in [-0.4, -0.2) is 62.2 Å². The summed E-state index contributed by atoms with van der Waals surface area (Å²) < 4.78 is 29.4.